The molecule has 0 bridgehead atoms. The van der Waals surface area contributed by atoms with Crippen molar-refractivity contribution in [1.29, 1.82) is 5.26 Å². The first kappa shape index (κ1) is 60.1. The molecular weight excluding hydrogens is 1070 g/mol. The number of alkyl halides is 4. The molecule has 1 aliphatic heterocycles. The van der Waals surface area contributed by atoms with Crippen molar-refractivity contribution in [3.63, 3.8) is 0 Å². The number of rotatable bonds is 19. The topological polar surface area (TPSA) is 170 Å². The molecule has 0 radical (unpaired) electrons. The van der Waals surface area contributed by atoms with Crippen LogP contribution in [-0.2, 0) is 30.1 Å². The molecule has 78 heavy (non-hydrogen) atoms. The van der Waals surface area contributed by atoms with Gasteiger partial charge in [0.25, 0.3) is 0 Å². The maximum absolute atomic E-state index is 15.9. The molecule has 24 heteroatoms. The Balaban J connectivity index is 1.01. The third kappa shape index (κ3) is 13.8. The first-order valence-corrected chi connectivity index (χ1v) is 25.6. The Labute approximate surface area is 454 Å². The first-order valence-electron chi connectivity index (χ1n) is 24.3. The van der Waals surface area contributed by atoms with E-state index >= 15 is 22.0 Å². The van der Waals surface area contributed by atoms with Crippen molar-refractivity contribution in [3.8, 4) is 33.5 Å². The number of benzene rings is 3. The summed E-state index contributed by atoms with van der Waals surface area (Å²) in [5.41, 5.74) is -2.82. The monoisotopic (exact) mass is 1130 g/mol. The molecule has 0 spiro atoms. The summed E-state index contributed by atoms with van der Waals surface area (Å²) in [6.07, 6.45) is -5.21. The van der Waals surface area contributed by atoms with Crippen LogP contribution in [-0.4, -0.2) is 101 Å². The summed E-state index contributed by atoms with van der Waals surface area (Å²) in [5.74, 6) is -8.28. The highest BCUT2D eigenvalue weighted by Gasteiger charge is 2.43. The Hall–Kier alpha value is -7.10. The number of likely N-dealkylation sites (tertiary alicyclic amines) is 1. The van der Waals surface area contributed by atoms with Crippen LogP contribution in [0.5, 0.6) is 5.75 Å². The molecule has 6 rings (SSSR count). The molecule has 3 amide bonds. The molecule has 0 saturated carbocycles. The minimum absolute atomic E-state index is 0.278. The number of aromatic nitrogens is 2. The predicted molar refractivity (Wildman–Crippen MR) is 280 cm³/mol. The fourth-order valence-electron chi connectivity index (χ4n) is 8.64. The molecule has 2 N–H and O–H groups in total. The molecule has 4 unspecified atom stereocenters. The van der Waals surface area contributed by atoms with Gasteiger partial charge in [-0.25, -0.2) is 26.9 Å². The third-order valence-electron chi connectivity index (χ3n) is 12.8. The number of nitriles is 1. The van der Waals surface area contributed by atoms with Gasteiger partial charge < -0.3 is 39.6 Å². The lowest BCUT2D eigenvalue weighted by Crippen LogP contribution is -2.58. The normalized spacial score (nSPS) is 15.0. The van der Waals surface area contributed by atoms with Gasteiger partial charge in [-0.05, 0) is 93.6 Å². The molecular formula is C54H56F8N8O6S2. The van der Waals surface area contributed by atoms with Gasteiger partial charge >= 0.3 is 6.18 Å². The molecule has 0 aliphatic carbocycles. The van der Waals surface area contributed by atoms with Gasteiger partial charge in [0.05, 0.1) is 63.5 Å². The van der Waals surface area contributed by atoms with Crippen molar-refractivity contribution in [2.75, 3.05) is 43.2 Å². The van der Waals surface area contributed by atoms with E-state index in [9.17, 15) is 37.6 Å². The third-order valence-corrected chi connectivity index (χ3v) is 14.3. The second-order valence-corrected chi connectivity index (χ2v) is 21.3. The molecule has 14 nitrogen and oxygen atoms in total. The lowest BCUT2D eigenvalue weighted by molar-refractivity contribution is -0.144. The van der Waals surface area contributed by atoms with E-state index < -0.39 is 123 Å². The van der Waals surface area contributed by atoms with Crippen molar-refractivity contribution >= 4 is 64.0 Å². The van der Waals surface area contributed by atoms with Gasteiger partial charge in [0.1, 0.15) is 49.0 Å². The Morgan fingerprint density at radius 3 is 2.22 bits per heavy atom. The second-order valence-electron chi connectivity index (χ2n) is 20.1. The Bertz CT molecular complexity index is 3070. The number of amides is 3. The number of thiazole rings is 1. The van der Waals surface area contributed by atoms with Gasteiger partial charge in [-0.3, -0.25) is 19.4 Å². The van der Waals surface area contributed by atoms with Gasteiger partial charge in [0.15, 0.2) is 34.1 Å². The van der Waals surface area contributed by atoms with E-state index in [1.165, 1.54) is 36.2 Å². The van der Waals surface area contributed by atoms with E-state index in [4.69, 9.17) is 21.7 Å². The Morgan fingerprint density at radius 2 is 1.64 bits per heavy atom. The minimum Gasteiger partial charge on any atom is -0.485 e. The fourth-order valence-corrected chi connectivity index (χ4v) is 9.89. The maximum atomic E-state index is 15.9. The summed E-state index contributed by atoms with van der Waals surface area (Å²) < 4.78 is 129. The van der Waals surface area contributed by atoms with E-state index in [0.717, 1.165) is 62.9 Å². The van der Waals surface area contributed by atoms with Crippen LogP contribution in [0.25, 0.3) is 21.7 Å². The van der Waals surface area contributed by atoms with E-state index in [1.54, 1.807) is 26.3 Å². The number of nitrogens with one attached hydrogen (secondary N) is 2. The molecule has 5 aromatic rings. The SMILES string of the molecule is Cc1ncsc1-c1ccc(C(C)NC(=O)C2CCCN2C(=O)C(NC(=O)COCCC(F)COc2c(F)cc(-c3ncc(N(C(=S)N(C)c4ccc(C#N)c(C(F)(F)F)c4F)C(C)(C)C=O)cc3F)cc2F)C(C)(C)C)cc1. The summed E-state index contributed by atoms with van der Waals surface area (Å²) >= 11 is 7.00. The molecule has 416 valence electrons. The van der Waals surface area contributed by atoms with Crippen molar-refractivity contribution in [2.24, 2.45) is 5.41 Å². The number of hydrogen-bond donors (Lipinski definition) is 2. The highest BCUT2D eigenvalue weighted by atomic mass is 32.1. The van der Waals surface area contributed by atoms with E-state index in [2.05, 4.69) is 20.6 Å². The van der Waals surface area contributed by atoms with Gasteiger partial charge in [-0.2, -0.15) is 18.4 Å². The largest absolute Gasteiger partial charge is 0.485 e. The van der Waals surface area contributed by atoms with Crippen molar-refractivity contribution in [2.45, 2.75) is 104 Å². The smallest absolute Gasteiger partial charge is 0.420 e. The van der Waals surface area contributed by atoms with Crippen molar-refractivity contribution in [3.05, 3.63) is 112 Å². The summed E-state index contributed by atoms with van der Waals surface area (Å²) in [6, 6.07) is 10.6. The first-order chi connectivity index (χ1) is 36.6. The van der Waals surface area contributed by atoms with Gasteiger partial charge in [-0.1, -0.05) is 45.0 Å². The number of carbonyl (C=O) groups excluding carboxylic acids is 4. The lowest BCUT2D eigenvalue weighted by Gasteiger charge is -2.39. The Morgan fingerprint density at radius 1 is 0.974 bits per heavy atom. The zero-order valence-electron chi connectivity index (χ0n) is 43.7. The summed E-state index contributed by atoms with van der Waals surface area (Å²) in [4.78, 5) is 65.5. The van der Waals surface area contributed by atoms with Crippen LogP contribution < -0.4 is 25.2 Å². The van der Waals surface area contributed by atoms with Crippen LogP contribution in [0.4, 0.5) is 46.5 Å². The number of aryl methyl sites for hydroxylation is 1. The lowest BCUT2D eigenvalue weighted by atomic mass is 9.85. The number of carbonyl (C=O) groups is 4. The molecule has 4 atom stereocenters. The number of thiocarbonyl (C=S) groups is 1. The highest BCUT2D eigenvalue weighted by molar-refractivity contribution is 7.80. The average molecular weight is 1130 g/mol. The molecule has 3 heterocycles. The fraction of sp³-hybridized carbons (Fsp3) is 0.407. The van der Waals surface area contributed by atoms with E-state index in [-0.39, 0.29) is 30.7 Å². The second kappa shape index (κ2) is 24.7. The predicted octanol–water partition coefficient (Wildman–Crippen LogP) is 10.4. The zero-order chi connectivity index (χ0) is 57.6. The standard InChI is InChI=1S/C54H56F8N8O6S2/c1-29(31-11-13-32(14-12-31)47-30(2)65-28-78-47)66-49(73)41-10-9-18-69(41)50(74)48(52(3,4)5)67-42(72)26-75-19-17-35(55)25-76-46-38(57)20-34(21-39(46)58)45-37(56)22-36(24-64-45)70(53(6,7)27-71)51(77)68(8)40-16-15-33(23-63)43(44(40)59)54(60,61)62/h11-16,20-22,24,27-29,35,41,48H,9-10,17-19,25-26H2,1-8H3,(H,66,73)(H,67,72). The highest BCUT2D eigenvalue weighted by Crippen LogP contribution is 2.39. The van der Waals surface area contributed by atoms with Gasteiger partial charge in [-0.15, -0.1) is 11.3 Å². The minimum atomic E-state index is -5.28. The molecule has 2 aromatic heterocycles. The van der Waals surface area contributed by atoms with Crippen LogP contribution in [0.3, 0.4) is 0 Å². The molecule has 3 aromatic carbocycles. The van der Waals surface area contributed by atoms with E-state index in [0.29, 0.717) is 37.8 Å². The number of aldehydes is 1. The van der Waals surface area contributed by atoms with Crippen molar-refractivity contribution < 1.29 is 63.8 Å². The quantitative estimate of drug-likeness (QED) is 0.0348. The van der Waals surface area contributed by atoms with Crippen LogP contribution in [0.2, 0.25) is 0 Å². The van der Waals surface area contributed by atoms with Crippen LogP contribution in [0.15, 0.2) is 66.3 Å². The zero-order valence-corrected chi connectivity index (χ0v) is 45.3. The average Bonchev–Trinajstić information content (AvgIpc) is 4.10. The summed E-state index contributed by atoms with van der Waals surface area (Å²) in [6.45, 7) is 10.2. The number of anilines is 2. The molecule has 1 fully saturated rings. The molecule has 1 saturated heterocycles. The maximum Gasteiger partial charge on any atom is 0.420 e. The summed E-state index contributed by atoms with van der Waals surface area (Å²) in [5, 5.41) is 14.4. The van der Waals surface area contributed by atoms with Gasteiger partial charge in [0, 0.05) is 31.6 Å². The number of halogens is 8. The number of hydrogen-bond acceptors (Lipinski definition) is 11. The van der Waals surface area contributed by atoms with Crippen LogP contribution in [0.1, 0.15) is 89.2 Å². The number of ether oxygens (including phenoxy) is 2. The van der Waals surface area contributed by atoms with Crippen molar-refractivity contribution in [1.82, 2.24) is 25.5 Å². The molecule has 1 aliphatic rings. The number of nitrogens with zero attached hydrogens (tertiary/aromatic N) is 6. The number of pyridine rings is 1. The Kier molecular flexibility index (Phi) is 19.0. The van der Waals surface area contributed by atoms with Crippen LogP contribution in [0, 0.1) is 46.9 Å². The van der Waals surface area contributed by atoms with E-state index in [1.807, 2.05) is 38.1 Å². The van der Waals surface area contributed by atoms with Gasteiger partial charge in [0.2, 0.25) is 17.7 Å². The van der Waals surface area contributed by atoms with Crippen LogP contribution >= 0.6 is 23.6 Å². The summed E-state index contributed by atoms with van der Waals surface area (Å²) in [7, 11) is 1.08.